The van der Waals surface area contributed by atoms with Crippen LogP contribution in [0.15, 0.2) is 72.8 Å². The summed E-state index contributed by atoms with van der Waals surface area (Å²) in [4.78, 5) is 10.1. The fourth-order valence-electron chi connectivity index (χ4n) is 3.94. The number of aliphatic hydroxyl groups excluding tert-OH is 1. The fraction of sp³-hybridized carbons (Fsp3) is 0.240. The zero-order valence-corrected chi connectivity index (χ0v) is 18.6. The lowest BCUT2D eigenvalue weighted by molar-refractivity contribution is -0.315. The Labute approximate surface area is 192 Å². The molecule has 0 aromatic heterocycles. The number of carbonyl (C=O) groups is 1. The van der Waals surface area contributed by atoms with Gasteiger partial charge in [0.15, 0.2) is 0 Å². The first-order valence-corrected chi connectivity index (χ1v) is 10.8. The molecule has 0 bridgehead atoms. The van der Waals surface area contributed by atoms with E-state index in [1.807, 2.05) is 19.2 Å². The maximum atomic E-state index is 10.1. The number of benzene rings is 3. The lowest BCUT2D eigenvalue weighted by Gasteiger charge is -2.32. The number of halogens is 2. The highest BCUT2D eigenvalue weighted by Crippen LogP contribution is 2.42. The summed E-state index contributed by atoms with van der Waals surface area (Å²) in [5.74, 6) is -1.07. The summed E-state index contributed by atoms with van der Waals surface area (Å²) in [7, 11) is 2.03. The van der Waals surface area contributed by atoms with Crippen LogP contribution in [0.4, 0.5) is 0 Å². The van der Waals surface area contributed by atoms with Crippen molar-refractivity contribution in [1.29, 1.82) is 0 Å². The van der Waals surface area contributed by atoms with E-state index in [4.69, 9.17) is 28.3 Å². The van der Waals surface area contributed by atoms with Crippen LogP contribution in [-0.4, -0.2) is 18.1 Å². The summed E-state index contributed by atoms with van der Waals surface area (Å²) in [6.45, 7) is 0. The van der Waals surface area contributed by atoms with E-state index in [1.165, 1.54) is 28.8 Å². The molecule has 3 aromatic rings. The van der Waals surface area contributed by atoms with Crippen molar-refractivity contribution in [3.05, 3.63) is 105 Å². The summed E-state index contributed by atoms with van der Waals surface area (Å²) in [5, 5.41) is 23.7. The molecule has 1 aliphatic carbocycles. The molecular weight excluding hydrogens is 433 g/mol. The predicted molar refractivity (Wildman–Crippen MR) is 122 cm³/mol. The first kappa shape index (κ1) is 23.3. The van der Waals surface area contributed by atoms with Gasteiger partial charge in [-0.2, -0.15) is 0 Å². The highest BCUT2D eigenvalue weighted by Gasteiger charge is 2.27. The van der Waals surface area contributed by atoms with Crippen molar-refractivity contribution in [2.45, 2.75) is 30.9 Å². The largest absolute Gasteiger partial charge is 0.547 e. The Bertz CT molecular complexity index is 1030. The number of hydrogen-bond donors (Lipinski definition) is 2. The monoisotopic (exact) mass is 456 g/mol. The van der Waals surface area contributed by atoms with Gasteiger partial charge in [0.2, 0.25) is 0 Å². The number of carboxylic acids is 1. The molecule has 31 heavy (non-hydrogen) atoms. The van der Waals surface area contributed by atoms with Crippen LogP contribution in [0.5, 0.6) is 0 Å². The molecule has 4 rings (SSSR count). The molecule has 4 nitrogen and oxygen atoms in total. The predicted octanol–water partition coefficient (Wildman–Crippen LogP) is 4.65. The minimum atomic E-state index is -1.52. The Hall–Kier alpha value is -2.37. The molecule has 0 radical (unpaired) electrons. The summed E-state index contributed by atoms with van der Waals surface area (Å²) < 4.78 is 0. The minimum absolute atomic E-state index is 0.340. The number of aliphatic hydroxyl groups is 1. The number of hydrogen-bond acceptors (Lipinski definition) is 4. The van der Waals surface area contributed by atoms with Gasteiger partial charge >= 0.3 is 0 Å². The topological polar surface area (TPSA) is 72.4 Å². The first-order valence-electron chi connectivity index (χ1n) is 10.1. The van der Waals surface area contributed by atoms with Crippen molar-refractivity contribution in [3.8, 4) is 0 Å². The molecule has 6 heteroatoms. The summed E-state index contributed by atoms with van der Waals surface area (Å²) >= 11 is 12.2. The molecule has 1 aliphatic rings. The molecule has 3 aromatic carbocycles. The second kappa shape index (κ2) is 10.8. The Morgan fingerprint density at radius 1 is 0.968 bits per heavy atom. The maximum Gasteiger partial charge on any atom is 0.118 e. The molecular formula is C25H24Cl2NO3-. The molecule has 0 saturated heterocycles. The van der Waals surface area contributed by atoms with Crippen LogP contribution in [0.25, 0.3) is 0 Å². The standard InChI is InChI=1S/C17H17Cl2N.C8H8O3/c1-20-17-9-7-12(13-4-2-3-5-14(13)17)11-6-8-15(18)16(19)10-11;9-7(8(10)11)6-4-2-1-3-5-6/h2-6,8,10,12,17,20H,7,9H2,1H3;1-5,7,9H,(H,10,11)/p-1/t12-,17+;7-/m10/s1. The van der Waals surface area contributed by atoms with E-state index in [0.29, 0.717) is 27.6 Å². The van der Waals surface area contributed by atoms with Gasteiger partial charge in [0.25, 0.3) is 0 Å². The number of nitrogens with one attached hydrogen (secondary N) is 1. The van der Waals surface area contributed by atoms with Gasteiger partial charge < -0.3 is 20.3 Å². The summed E-state index contributed by atoms with van der Waals surface area (Å²) in [6, 6.07) is 23.2. The van der Waals surface area contributed by atoms with Crippen molar-refractivity contribution in [3.63, 3.8) is 0 Å². The first-order chi connectivity index (χ1) is 14.9. The average Bonchev–Trinajstić information content (AvgIpc) is 2.80. The van der Waals surface area contributed by atoms with Crippen LogP contribution in [0.3, 0.4) is 0 Å². The van der Waals surface area contributed by atoms with Crippen molar-refractivity contribution in [2.24, 2.45) is 0 Å². The van der Waals surface area contributed by atoms with E-state index in [0.717, 1.165) is 12.8 Å². The van der Waals surface area contributed by atoms with Crippen molar-refractivity contribution >= 4 is 29.2 Å². The summed E-state index contributed by atoms with van der Waals surface area (Å²) in [5.41, 5.74) is 4.39. The number of fused-ring (bicyclic) bond motifs is 1. The average molecular weight is 457 g/mol. The number of aliphatic carboxylic acids is 1. The lowest BCUT2D eigenvalue weighted by Crippen LogP contribution is -2.29. The smallest absolute Gasteiger partial charge is 0.118 e. The highest BCUT2D eigenvalue weighted by molar-refractivity contribution is 6.42. The zero-order chi connectivity index (χ0) is 22.4. The maximum absolute atomic E-state index is 10.1. The van der Waals surface area contributed by atoms with Gasteiger partial charge in [-0.05, 0) is 54.3 Å². The molecule has 0 heterocycles. The molecule has 0 amide bonds. The normalized spacial score (nSPS) is 18.3. The Morgan fingerprint density at radius 2 is 1.61 bits per heavy atom. The Morgan fingerprint density at radius 3 is 2.23 bits per heavy atom. The molecule has 0 fully saturated rings. The Balaban J connectivity index is 0.000000210. The quantitative estimate of drug-likeness (QED) is 0.599. The van der Waals surface area contributed by atoms with Crippen molar-refractivity contribution in [1.82, 2.24) is 5.32 Å². The minimum Gasteiger partial charge on any atom is -0.547 e. The van der Waals surface area contributed by atoms with E-state index >= 15 is 0 Å². The van der Waals surface area contributed by atoms with Gasteiger partial charge in [0.1, 0.15) is 6.10 Å². The van der Waals surface area contributed by atoms with Gasteiger partial charge in [0, 0.05) is 12.0 Å². The van der Waals surface area contributed by atoms with Gasteiger partial charge in [0.05, 0.1) is 16.0 Å². The summed E-state index contributed by atoms with van der Waals surface area (Å²) in [6.07, 6.45) is 0.745. The van der Waals surface area contributed by atoms with Crippen LogP contribution < -0.4 is 10.4 Å². The van der Waals surface area contributed by atoms with E-state index in [2.05, 4.69) is 35.6 Å². The molecule has 3 atom stereocenters. The van der Waals surface area contributed by atoms with E-state index in [9.17, 15) is 9.90 Å². The zero-order valence-electron chi connectivity index (χ0n) is 17.1. The molecule has 0 spiro atoms. The molecule has 0 unspecified atom stereocenters. The van der Waals surface area contributed by atoms with Gasteiger partial charge in [-0.25, -0.2) is 0 Å². The SMILES string of the molecule is CN[C@H]1CC[C@H](c2ccc(Cl)c(Cl)c2)c2ccccc21.O=C([O-])[C@@H](O)c1ccccc1. The molecule has 2 N–H and O–H groups in total. The fourth-order valence-corrected chi connectivity index (χ4v) is 4.24. The Kier molecular flexibility index (Phi) is 8.10. The van der Waals surface area contributed by atoms with Crippen LogP contribution in [0.2, 0.25) is 10.0 Å². The van der Waals surface area contributed by atoms with Crippen LogP contribution in [0, 0.1) is 0 Å². The van der Waals surface area contributed by atoms with Crippen LogP contribution in [-0.2, 0) is 4.79 Å². The number of carbonyl (C=O) groups excluding carboxylic acids is 1. The third-order valence-corrected chi connectivity index (χ3v) is 6.26. The van der Waals surface area contributed by atoms with Crippen molar-refractivity contribution < 1.29 is 15.0 Å². The third-order valence-electron chi connectivity index (χ3n) is 5.52. The lowest BCUT2D eigenvalue weighted by atomic mass is 9.77. The van der Waals surface area contributed by atoms with Gasteiger partial charge in [-0.3, -0.25) is 0 Å². The van der Waals surface area contributed by atoms with E-state index in [1.54, 1.807) is 18.2 Å². The molecule has 0 saturated carbocycles. The van der Waals surface area contributed by atoms with Gasteiger partial charge in [-0.15, -0.1) is 0 Å². The van der Waals surface area contributed by atoms with Gasteiger partial charge in [-0.1, -0.05) is 83.9 Å². The number of rotatable bonds is 4. The van der Waals surface area contributed by atoms with Crippen LogP contribution >= 0.6 is 23.2 Å². The third kappa shape index (κ3) is 5.66. The van der Waals surface area contributed by atoms with Crippen molar-refractivity contribution in [2.75, 3.05) is 7.05 Å². The number of carboxylic acid groups (broad SMARTS) is 1. The highest BCUT2D eigenvalue weighted by atomic mass is 35.5. The molecule has 162 valence electrons. The van der Waals surface area contributed by atoms with Crippen LogP contribution in [0.1, 0.15) is 53.2 Å². The van der Waals surface area contributed by atoms with E-state index < -0.39 is 12.1 Å². The van der Waals surface area contributed by atoms with E-state index in [-0.39, 0.29) is 0 Å². The second-order valence-electron chi connectivity index (χ2n) is 7.41. The second-order valence-corrected chi connectivity index (χ2v) is 8.22. The molecule has 0 aliphatic heterocycles.